The molecule has 0 spiro atoms. The summed E-state index contributed by atoms with van der Waals surface area (Å²) < 4.78 is 1.70. The van der Waals surface area contributed by atoms with Crippen LogP contribution in [0.5, 0.6) is 0 Å². The van der Waals surface area contributed by atoms with Crippen molar-refractivity contribution in [1.82, 2.24) is 25.5 Å². The van der Waals surface area contributed by atoms with E-state index < -0.39 is 0 Å². The van der Waals surface area contributed by atoms with Crippen molar-refractivity contribution in [1.29, 1.82) is 0 Å². The number of hydrogen-bond acceptors (Lipinski definition) is 5. The van der Waals surface area contributed by atoms with E-state index in [1.54, 1.807) is 4.68 Å². The molecular formula is C22H18ClN5OS. The van der Waals surface area contributed by atoms with Crippen LogP contribution in [0, 0.1) is 0 Å². The van der Waals surface area contributed by atoms with Crippen LogP contribution in [0.15, 0.2) is 83.8 Å². The third-order valence-electron chi connectivity index (χ3n) is 4.39. The fraction of sp³-hybridized carbons (Fsp3) is 0.0909. The normalized spacial score (nSPS) is 10.7. The van der Waals surface area contributed by atoms with Crippen molar-refractivity contribution in [3.63, 3.8) is 0 Å². The Kier molecular flexibility index (Phi) is 6.41. The molecular weight excluding hydrogens is 418 g/mol. The third-order valence-corrected chi connectivity index (χ3v) is 5.71. The van der Waals surface area contributed by atoms with Crippen molar-refractivity contribution in [3.8, 4) is 5.69 Å². The number of thioether (sulfide) groups is 1. The molecule has 1 aromatic heterocycles. The first-order chi connectivity index (χ1) is 14.7. The molecule has 30 heavy (non-hydrogen) atoms. The first-order valence-electron chi connectivity index (χ1n) is 9.28. The molecule has 0 unspecified atom stereocenters. The van der Waals surface area contributed by atoms with Crippen LogP contribution in [0.1, 0.15) is 21.7 Å². The van der Waals surface area contributed by atoms with E-state index in [0.717, 1.165) is 16.1 Å². The summed E-state index contributed by atoms with van der Waals surface area (Å²) in [7, 11) is 0. The van der Waals surface area contributed by atoms with Gasteiger partial charge in [0.25, 0.3) is 5.91 Å². The zero-order valence-corrected chi connectivity index (χ0v) is 17.5. The number of amides is 1. The van der Waals surface area contributed by atoms with E-state index in [-0.39, 0.29) is 5.91 Å². The Balaban J connectivity index is 1.44. The molecule has 0 saturated carbocycles. The highest BCUT2D eigenvalue weighted by atomic mass is 35.5. The van der Waals surface area contributed by atoms with Gasteiger partial charge in [-0.25, -0.2) is 0 Å². The quantitative estimate of drug-likeness (QED) is 0.431. The summed E-state index contributed by atoms with van der Waals surface area (Å²) in [5.74, 6) is 1.11. The molecule has 1 amide bonds. The van der Waals surface area contributed by atoms with Gasteiger partial charge in [0, 0.05) is 16.5 Å². The number of halogens is 1. The molecule has 150 valence electrons. The van der Waals surface area contributed by atoms with Gasteiger partial charge in [-0.1, -0.05) is 54.1 Å². The average molecular weight is 436 g/mol. The van der Waals surface area contributed by atoms with Gasteiger partial charge in [-0.05, 0) is 52.4 Å². The SMILES string of the molecule is O=C(NCc1ccc(Cl)cc1)c1ccccc1SCc1nnnn1-c1ccccc1. The number of carbonyl (C=O) groups excluding carboxylic acids is 1. The van der Waals surface area contributed by atoms with Gasteiger partial charge in [-0.2, -0.15) is 4.68 Å². The van der Waals surface area contributed by atoms with E-state index in [1.807, 2.05) is 78.9 Å². The molecule has 4 aromatic rings. The lowest BCUT2D eigenvalue weighted by atomic mass is 10.2. The highest BCUT2D eigenvalue weighted by Crippen LogP contribution is 2.26. The van der Waals surface area contributed by atoms with E-state index in [1.165, 1.54) is 11.8 Å². The van der Waals surface area contributed by atoms with Crippen LogP contribution in [-0.2, 0) is 12.3 Å². The highest BCUT2D eigenvalue weighted by molar-refractivity contribution is 7.98. The minimum Gasteiger partial charge on any atom is -0.348 e. The number of aromatic nitrogens is 4. The van der Waals surface area contributed by atoms with Gasteiger partial charge in [0.2, 0.25) is 0 Å². The van der Waals surface area contributed by atoms with Gasteiger partial charge in [-0.3, -0.25) is 4.79 Å². The number of nitrogens with zero attached hydrogens (tertiary/aromatic N) is 4. The third kappa shape index (κ3) is 4.87. The molecule has 6 nitrogen and oxygen atoms in total. The Bertz CT molecular complexity index is 1130. The maximum absolute atomic E-state index is 12.8. The van der Waals surface area contributed by atoms with Crippen molar-refractivity contribution >= 4 is 29.3 Å². The molecule has 1 N–H and O–H groups in total. The number of hydrogen-bond donors (Lipinski definition) is 1. The standard InChI is InChI=1S/C22H18ClN5OS/c23-17-12-10-16(11-13-17)14-24-22(29)19-8-4-5-9-20(19)30-15-21-25-26-27-28(21)18-6-2-1-3-7-18/h1-13H,14-15H2,(H,24,29). The Morgan fingerprint density at radius 3 is 2.50 bits per heavy atom. The lowest BCUT2D eigenvalue weighted by Gasteiger charge is -2.10. The van der Waals surface area contributed by atoms with Crippen molar-refractivity contribution in [3.05, 3.63) is 101 Å². The van der Waals surface area contributed by atoms with Crippen LogP contribution in [0.3, 0.4) is 0 Å². The summed E-state index contributed by atoms with van der Waals surface area (Å²) in [4.78, 5) is 13.6. The summed E-state index contributed by atoms with van der Waals surface area (Å²) in [5, 5.41) is 15.6. The summed E-state index contributed by atoms with van der Waals surface area (Å²) >= 11 is 7.44. The zero-order chi connectivity index (χ0) is 20.8. The van der Waals surface area contributed by atoms with Gasteiger partial charge >= 0.3 is 0 Å². The highest BCUT2D eigenvalue weighted by Gasteiger charge is 2.14. The maximum Gasteiger partial charge on any atom is 0.252 e. The second-order valence-electron chi connectivity index (χ2n) is 6.44. The van der Waals surface area contributed by atoms with Gasteiger partial charge in [0.15, 0.2) is 5.82 Å². The molecule has 0 fully saturated rings. The van der Waals surface area contributed by atoms with Gasteiger partial charge in [0.05, 0.1) is 17.0 Å². The first-order valence-corrected chi connectivity index (χ1v) is 10.6. The predicted octanol–water partition coefficient (Wildman–Crippen LogP) is 4.54. The molecule has 0 aliphatic rings. The fourth-order valence-corrected chi connectivity index (χ4v) is 3.95. The monoisotopic (exact) mass is 435 g/mol. The van der Waals surface area contributed by atoms with Crippen LogP contribution in [0.2, 0.25) is 5.02 Å². The molecule has 0 aliphatic heterocycles. The van der Waals surface area contributed by atoms with E-state index in [4.69, 9.17) is 11.6 Å². The second kappa shape index (κ2) is 9.56. The molecule has 0 aliphatic carbocycles. The lowest BCUT2D eigenvalue weighted by molar-refractivity contribution is 0.0948. The minimum absolute atomic E-state index is 0.129. The molecule has 0 saturated heterocycles. The molecule has 1 heterocycles. The van der Waals surface area contributed by atoms with E-state index >= 15 is 0 Å². The fourth-order valence-electron chi connectivity index (χ4n) is 2.87. The van der Waals surface area contributed by atoms with E-state index in [2.05, 4.69) is 20.8 Å². The molecule has 4 rings (SSSR count). The first kappa shape index (κ1) is 20.1. The lowest BCUT2D eigenvalue weighted by Crippen LogP contribution is -2.23. The van der Waals surface area contributed by atoms with Crippen molar-refractivity contribution < 1.29 is 4.79 Å². The number of para-hydroxylation sites is 1. The molecule has 8 heteroatoms. The summed E-state index contributed by atoms with van der Waals surface area (Å²) in [5.41, 5.74) is 2.50. The van der Waals surface area contributed by atoms with Crippen LogP contribution >= 0.6 is 23.4 Å². The Hall–Kier alpha value is -3.16. The number of benzene rings is 3. The summed E-state index contributed by atoms with van der Waals surface area (Å²) in [6, 6.07) is 24.6. The molecule has 3 aromatic carbocycles. The Morgan fingerprint density at radius 1 is 0.967 bits per heavy atom. The Morgan fingerprint density at radius 2 is 1.70 bits per heavy atom. The van der Waals surface area contributed by atoms with Crippen molar-refractivity contribution in [2.75, 3.05) is 0 Å². The van der Waals surface area contributed by atoms with Crippen LogP contribution in [0.25, 0.3) is 5.69 Å². The van der Waals surface area contributed by atoms with Crippen LogP contribution < -0.4 is 5.32 Å². The number of rotatable bonds is 7. The summed E-state index contributed by atoms with van der Waals surface area (Å²) in [6.45, 7) is 0.432. The predicted molar refractivity (Wildman–Crippen MR) is 118 cm³/mol. The van der Waals surface area contributed by atoms with E-state index in [9.17, 15) is 4.79 Å². The van der Waals surface area contributed by atoms with Crippen molar-refractivity contribution in [2.24, 2.45) is 0 Å². The topological polar surface area (TPSA) is 72.7 Å². The van der Waals surface area contributed by atoms with Crippen LogP contribution in [0.4, 0.5) is 0 Å². The smallest absolute Gasteiger partial charge is 0.252 e. The van der Waals surface area contributed by atoms with Gasteiger partial charge < -0.3 is 5.32 Å². The second-order valence-corrected chi connectivity index (χ2v) is 7.89. The number of tetrazole rings is 1. The van der Waals surface area contributed by atoms with E-state index in [0.29, 0.717) is 28.7 Å². The van der Waals surface area contributed by atoms with Crippen LogP contribution in [-0.4, -0.2) is 26.1 Å². The zero-order valence-electron chi connectivity index (χ0n) is 15.9. The average Bonchev–Trinajstić information content (AvgIpc) is 3.26. The number of nitrogens with one attached hydrogen (secondary N) is 1. The minimum atomic E-state index is -0.129. The van der Waals surface area contributed by atoms with Gasteiger partial charge in [0.1, 0.15) is 0 Å². The Labute approximate surface area is 183 Å². The number of carbonyl (C=O) groups is 1. The maximum atomic E-state index is 12.8. The largest absolute Gasteiger partial charge is 0.348 e. The van der Waals surface area contributed by atoms with Crippen molar-refractivity contribution in [2.45, 2.75) is 17.2 Å². The van der Waals surface area contributed by atoms with Gasteiger partial charge in [-0.15, -0.1) is 16.9 Å². The molecule has 0 bridgehead atoms. The molecule has 0 radical (unpaired) electrons. The summed E-state index contributed by atoms with van der Waals surface area (Å²) in [6.07, 6.45) is 0. The molecule has 0 atom stereocenters.